The number of carbonyl (C=O) groups is 3. The van der Waals surface area contributed by atoms with E-state index in [0.29, 0.717) is 19.3 Å². The van der Waals surface area contributed by atoms with E-state index in [2.05, 4.69) is 34.9 Å². The van der Waals surface area contributed by atoms with E-state index in [0.717, 1.165) is 11.1 Å². The minimum atomic E-state index is -1.17. The fraction of sp³-hybridized carbons (Fsp3) is 0.444. The van der Waals surface area contributed by atoms with Crippen LogP contribution in [0.2, 0.25) is 0 Å². The van der Waals surface area contributed by atoms with E-state index in [4.69, 9.17) is 14.9 Å². The number of hydrogen-bond acceptors (Lipinski definition) is 5. The lowest BCUT2D eigenvalue weighted by Gasteiger charge is -2.19. The predicted molar refractivity (Wildman–Crippen MR) is 132 cm³/mol. The lowest BCUT2D eigenvalue weighted by atomic mass is 9.98. The van der Waals surface area contributed by atoms with Crippen molar-refractivity contribution in [3.05, 3.63) is 59.7 Å². The summed E-state index contributed by atoms with van der Waals surface area (Å²) >= 11 is 0. The van der Waals surface area contributed by atoms with Crippen molar-refractivity contribution in [1.82, 2.24) is 10.6 Å². The van der Waals surface area contributed by atoms with Crippen molar-refractivity contribution in [2.75, 3.05) is 13.2 Å². The van der Waals surface area contributed by atoms with Crippen LogP contribution in [0.25, 0.3) is 11.1 Å². The molecule has 0 fully saturated rings. The number of carboxylic acids is 1. The number of fused-ring (bicyclic) bond motifs is 3. The van der Waals surface area contributed by atoms with E-state index >= 15 is 0 Å². The number of rotatable bonds is 12. The van der Waals surface area contributed by atoms with Crippen LogP contribution < -0.4 is 10.6 Å². The van der Waals surface area contributed by atoms with Gasteiger partial charge in [-0.25, -0.2) is 9.59 Å². The molecule has 8 nitrogen and oxygen atoms in total. The summed E-state index contributed by atoms with van der Waals surface area (Å²) in [4.78, 5) is 35.8. The monoisotopic (exact) mass is 482 g/mol. The molecule has 35 heavy (non-hydrogen) atoms. The first-order valence-electron chi connectivity index (χ1n) is 12.1. The van der Waals surface area contributed by atoms with Gasteiger partial charge in [0.15, 0.2) is 0 Å². The Balaban J connectivity index is 1.41. The molecule has 1 aliphatic carbocycles. The number of alkyl carbamates (subject to hydrolysis) is 1. The summed E-state index contributed by atoms with van der Waals surface area (Å²) in [7, 11) is 0. The molecule has 0 radical (unpaired) electrons. The zero-order valence-electron chi connectivity index (χ0n) is 20.2. The molecule has 3 rings (SSSR count). The van der Waals surface area contributed by atoms with Crippen molar-refractivity contribution < 1.29 is 29.3 Å². The third-order valence-corrected chi connectivity index (χ3v) is 6.46. The van der Waals surface area contributed by atoms with Crippen LogP contribution in [0.3, 0.4) is 0 Å². The average molecular weight is 483 g/mol. The van der Waals surface area contributed by atoms with Crippen molar-refractivity contribution in [2.24, 2.45) is 5.92 Å². The summed E-state index contributed by atoms with van der Waals surface area (Å²) < 4.78 is 5.57. The van der Waals surface area contributed by atoms with Gasteiger partial charge in [0, 0.05) is 30.9 Å². The molecule has 0 heterocycles. The van der Waals surface area contributed by atoms with Gasteiger partial charge in [-0.1, -0.05) is 61.9 Å². The van der Waals surface area contributed by atoms with Gasteiger partial charge in [-0.15, -0.1) is 0 Å². The maximum atomic E-state index is 12.4. The number of aliphatic hydroxyl groups is 1. The lowest BCUT2D eigenvalue weighted by molar-refractivity contribution is -0.142. The molecular formula is C27H34N2O6. The molecule has 2 aromatic rings. The van der Waals surface area contributed by atoms with E-state index in [1.54, 1.807) is 6.92 Å². The van der Waals surface area contributed by atoms with Gasteiger partial charge in [-0.2, -0.15) is 0 Å². The van der Waals surface area contributed by atoms with E-state index in [-0.39, 0.29) is 43.4 Å². The topological polar surface area (TPSA) is 125 Å². The first kappa shape index (κ1) is 26.2. The summed E-state index contributed by atoms with van der Waals surface area (Å²) in [6.07, 6.45) is 1.37. The van der Waals surface area contributed by atoms with E-state index in [1.165, 1.54) is 11.1 Å². The van der Waals surface area contributed by atoms with Crippen LogP contribution in [0.5, 0.6) is 0 Å². The van der Waals surface area contributed by atoms with Gasteiger partial charge in [-0.05, 0) is 42.0 Å². The van der Waals surface area contributed by atoms with Crippen LogP contribution in [-0.2, 0) is 14.3 Å². The zero-order chi connectivity index (χ0) is 25.4. The molecule has 0 spiro atoms. The van der Waals surface area contributed by atoms with Crippen LogP contribution >= 0.6 is 0 Å². The number of hydrogen-bond donors (Lipinski definition) is 4. The summed E-state index contributed by atoms with van der Waals surface area (Å²) in [6, 6.07) is 15.1. The van der Waals surface area contributed by atoms with Crippen molar-refractivity contribution in [3.63, 3.8) is 0 Å². The molecule has 8 heteroatoms. The summed E-state index contributed by atoms with van der Waals surface area (Å²) in [6.45, 7) is 3.55. The number of benzene rings is 2. The van der Waals surface area contributed by atoms with Gasteiger partial charge >= 0.3 is 12.1 Å². The van der Waals surface area contributed by atoms with Gasteiger partial charge in [0.05, 0.1) is 0 Å². The van der Waals surface area contributed by atoms with Crippen molar-refractivity contribution >= 4 is 18.0 Å². The molecule has 2 amide bonds. The van der Waals surface area contributed by atoms with Gasteiger partial charge in [0.25, 0.3) is 0 Å². The molecule has 3 atom stereocenters. The van der Waals surface area contributed by atoms with Crippen LogP contribution in [0.4, 0.5) is 4.79 Å². The van der Waals surface area contributed by atoms with Crippen LogP contribution in [0, 0.1) is 5.92 Å². The highest BCUT2D eigenvalue weighted by Crippen LogP contribution is 2.44. The van der Waals surface area contributed by atoms with Gasteiger partial charge in [0.2, 0.25) is 5.91 Å². The molecule has 0 saturated carbocycles. The van der Waals surface area contributed by atoms with Gasteiger partial charge < -0.3 is 25.6 Å². The SMILES string of the molecule is CC(CCCC(C)C(=O)N[C@@H](CCO)C(=O)O)NC(=O)OCC1c2ccccc2-c2ccccc21. The number of ether oxygens (including phenoxy) is 1. The van der Waals surface area contributed by atoms with Crippen LogP contribution in [0.15, 0.2) is 48.5 Å². The highest BCUT2D eigenvalue weighted by atomic mass is 16.5. The molecule has 0 aliphatic heterocycles. The Morgan fingerprint density at radius 2 is 1.51 bits per heavy atom. The Morgan fingerprint density at radius 1 is 0.914 bits per heavy atom. The van der Waals surface area contributed by atoms with Gasteiger partial charge in [0.1, 0.15) is 12.6 Å². The fourth-order valence-corrected chi connectivity index (χ4v) is 4.48. The lowest BCUT2D eigenvalue weighted by Crippen LogP contribution is -2.43. The van der Waals surface area contributed by atoms with Crippen molar-refractivity contribution in [1.29, 1.82) is 0 Å². The average Bonchev–Trinajstić information content (AvgIpc) is 3.16. The predicted octanol–water partition coefficient (Wildman–Crippen LogP) is 3.67. The second-order valence-corrected chi connectivity index (χ2v) is 9.11. The second-order valence-electron chi connectivity index (χ2n) is 9.11. The normalized spacial score (nSPS) is 14.8. The largest absolute Gasteiger partial charge is 0.480 e. The Labute approximate surface area is 205 Å². The van der Waals surface area contributed by atoms with Gasteiger partial charge in [-0.3, -0.25) is 4.79 Å². The molecule has 2 unspecified atom stereocenters. The van der Waals surface area contributed by atoms with Crippen LogP contribution in [0.1, 0.15) is 56.6 Å². The maximum Gasteiger partial charge on any atom is 0.407 e. The summed E-state index contributed by atoms with van der Waals surface area (Å²) in [5, 5.41) is 23.3. The molecule has 0 saturated heterocycles. The standard InChI is InChI=1S/C27H34N2O6/c1-17(25(31)29-24(14-15-30)26(32)33)8-7-9-18(2)28-27(34)35-16-23-21-12-5-3-10-19(21)20-11-4-6-13-22(20)23/h3-6,10-13,17-18,23-24,30H,7-9,14-16H2,1-2H3,(H,28,34)(H,29,31)(H,32,33)/t17?,18?,24-/m0/s1. The minimum Gasteiger partial charge on any atom is -0.480 e. The maximum absolute atomic E-state index is 12.4. The number of carboxylic acid groups (broad SMARTS) is 1. The highest BCUT2D eigenvalue weighted by Gasteiger charge is 2.29. The third kappa shape index (κ3) is 6.82. The molecule has 4 N–H and O–H groups in total. The quantitative estimate of drug-likeness (QED) is 0.366. The molecular weight excluding hydrogens is 448 g/mol. The molecule has 0 bridgehead atoms. The number of aliphatic carboxylic acids is 1. The first-order valence-corrected chi connectivity index (χ1v) is 12.1. The Kier molecular flexibility index (Phi) is 9.25. The number of amides is 2. The zero-order valence-corrected chi connectivity index (χ0v) is 20.2. The molecule has 188 valence electrons. The molecule has 2 aromatic carbocycles. The van der Waals surface area contributed by atoms with Crippen molar-refractivity contribution in [3.8, 4) is 11.1 Å². The van der Waals surface area contributed by atoms with E-state index in [1.807, 2.05) is 31.2 Å². The van der Waals surface area contributed by atoms with E-state index < -0.39 is 18.1 Å². The smallest absolute Gasteiger partial charge is 0.407 e. The Hall–Kier alpha value is -3.39. The van der Waals surface area contributed by atoms with E-state index in [9.17, 15) is 14.4 Å². The molecule has 0 aromatic heterocycles. The molecule has 1 aliphatic rings. The Bertz CT molecular complexity index is 994. The highest BCUT2D eigenvalue weighted by molar-refractivity contribution is 5.84. The van der Waals surface area contributed by atoms with Crippen LogP contribution in [-0.4, -0.2) is 53.5 Å². The minimum absolute atomic E-state index is 0.00304. The summed E-state index contributed by atoms with van der Waals surface area (Å²) in [5.41, 5.74) is 4.67. The number of aliphatic hydroxyl groups excluding tert-OH is 1. The summed E-state index contributed by atoms with van der Waals surface area (Å²) in [5.74, 6) is -1.90. The second kappa shape index (κ2) is 12.4. The third-order valence-electron chi connectivity index (χ3n) is 6.46. The number of nitrogens with one attached hydrogen (secondary N) is 2. The number of carbonyl (C=O) groups excluding carboxylic acids is 2. The van der Waals surface area contributed by atoms with Crippen molar-refractivity contribution in [2.45, 2.75) is 57.5 Å². The first-order chi connectivity index (χ1) is 16.8. The Morgan fingerprint density at radius 3 is 2.09 bits per heavy atom. The fourth-order valence-electron chi connectivity index (χ4n) is 4.48.